The Labute approximate surface area is 92.8 Å². The molecule has 2 heterocycles. The van der Waals surface area contributed by atoms with Crippen molar-refractivity contribution in [2.45, 2.75) is 6.42 Å². The Morgan fingerprint density at radius 1 is 1.33 bits per heavy atom. The van der Waals surface area contributed by atoms with Gasteiger partial charge in [-0.3, -0.25) is 4.99 Å². The van der Waals surface area contributed by atoms with Crippen molar-refractivity contribution < 1.29 is 0 Å². The first kappa shape index (κ1) is 9.04. The Morgan fingerprint density at radius 2 is 2.27 bits per heavy atom. The molecule has 0 saturated carbocycles. The van der Waals surface area contributed by atoms with Crippen LogP contribution in [0.25, 0.3) is 10.9 Å². The highest BCUT2D eigenvalue weighted by molar-refractivity contribution is 8.14. The van der Waals surface area contributed by atoms with Gasteiger partial charge in [0.1, 0.15) is 0 Å². The van der Waals surface area contributed by atoms with Crippen LogP contribution in [0, 0.1) is 0 Å². The molecule has 1 aromatic carbocycles. The molecule has 1 aliphatic rings. The van der Waals surface area contributed by atoms with E-state index < -0.39 is 0 Å². The van der Waals surface area contributed by atoms with E-state index in [1.54, 1.807) is 0 Å². The minimum absolute atomic E-state index is 0.981. The molecule has 0 spiro atoms. The SMILES string of the molecule is c1ccc2c(CC3=NCCS3)c[nH]c2c1. The van der Waals surface area contributed by atoms with Crippen molar-refractivity contribution in [1.29, 1.82) is 0 Å². The van der Waals surface area contributed by atoms with E-state index in [1.165, 1.54) is 21.5 Å². The lowest BCUT2D eigenvalue weighted by Gasteiger charge is -1.97. The van der Waals surface area contributed by atoms with Crippen LogP contribution in [0.1, 0.15) is 5.56 Å². The van der Waals surface area contributed by atoms with Crippen molar-refractivity contribution in [3.05, 3.63) is 36.0 Å². The molecule has 76 valence electrons. The van der Waals surface area contributed by atoms with Gasteiger partial charge in [0.05, 0.1) is 5.04 Å². The number of fused-ring (bicyclic) bond motifs is 1. The summed E-state index contributed by atoms with van der Waals surface area (Å²) in [6.07, 6.45) is 3.08. The van der Waals surface area contributed by atoms with Crippen LogP contribution in [0.5, 0.6) is 0 Å². The summed E-state index contributed by atoms with van der Waals surface area (Å²) in [5, 5.41) is 2.60. The van der Waals surface area contributed by atoms with Crippen molar-refractivity contribution >= 4 is 27.7 Å². The molecule has 0 fully saturated rings. The van der Waals surface area contributed by atoms with Crippen molar-refractivity contribution in [1.82, 2.24) is 4.98 Å². The number of hydrogen-bond acceptors (Lipinski definition) is 2. The van der Waals surface area contributed by atoms with Gasteiger partial charge in [-0.1, -0.05) is 18.2 Å². The Morgan fingerprint density at radius 3 is 3.13 bits per heavy atom. The van der Waals surface area contributed by atoms with E-state index in [4.69, 9.17) is 0 Å². The number of aliphatic imine (C=N–C) groups is 1. The fourth-order valence-electron chi connectivity index (χ4n) is 1.93. The number of rotatable bonds is 2. The smallest absolute Gasteiger partial charge is 0.0721 e. The minimum Gasteiger partial charge on any atom is -0.361 e. The maximum atomic E-state index is 4.48. The fraction of sp³-hybridized carbons (Fsp3) is 0.250. The number of H-pyrrole nitrogens is 1. The summed E-state index contributed by atoms with van der Waals surface area (Å²) >= 11 is 1.89. The molecule has 2 nitrogen and oxygen atoms in total. The van der Waals surface area contributed by atoms with Crippen LogP contribution in [-0.4, -0.2) is 22.3 Å². The first-order chi connectivity index (χ1) is 7.43. The molecule has 1 aromatic heterocycles. The molecule has 0 amide bonds. The predicted molar refractivity (Wildman–Crippen MR) is 66.8 cm³/mol. The molecule has 1 aliphatic heterocycles. The normalized spacial score (nSPS) is 15.9. The van der Waals surface area contributed by atoms with Crippen LogP contribution in [0.2, 0.25) is 0 Å². The van der Waals surface area contributed by atoms with Gasteiger partial charge in [0.15, 0.2) is 0 Å². The topological polar surface area (TPSA) is 28.1 Å². The van der Waals surface area contributed by atoms with Gasteiger partial charge in [0.2, 0.25) is 0 Å². The minimum atomic E-state index is 0.981. The van der Waals surface area contributed by atoms with E-state index in [2.05, 4.69) is 40.4 Å². The second kappa shape index (κ2) is 3.74. The second-order valence-electron chi connectivity index (χ2n) is 3.66. The summed E-state index contributed by atoms with van der Waals surface area (Å²) in [4.78, 5) is 7.78. The summed E-state index contributed by atoms with van der Waals surface area (Å²) in [5.74, 6) is 1.15. The molecule has 1 N–H and O–H groups in total. The first-order valence-electron chi connectivity index (χ1n) is 5.14. The first-order valence-corrected chi connectivity index (χ1v) is 6.13. The predicted octanol–water partition coefficient (Wildman–Crippen LogP) is 2.86. The zero-order valence-corrected chi connectivity index (χ0v) is 9.18. The number of hydrogen-bond donors (Lipinski definition) is 1. The number of nitrogens with one attached hydrogen (secondary N) is 1. The maximum Gasteiger partial charge on any atom is 0.0721 e. The van der Waals surface area contributed by atoms with Crippen LogP contribution in [-0.2, 0) is 6.42 Å². The lowest BCUT2D eigenvalue weighted by Crippen LogP contribution is -1.93. The van der Waals surface area contributed by atoms with E-state index in [0.29, 0.717) is 0 Å². The summed E-state index contributed by atoms with van der Waals surface area (Å²) in [6, 6.07) is 8.43. The summed E-state index contributed by atoms with van der Waals surface area (Å²) in [6.45, 7) is 0.988. The number of aromatic nitrogens is 1. The van der Waals surface area contributed by atoms with E-state index in [1.807, 2.05) is 11.8 Å². The van der Waals surface area contributed by atoms with Gasteiger partial charge >= 0.3 is 0 Å². The molecule has 15 heavy (non-hydrogen) atoms. The largest absolute Gasteiger partial charge is 0.361 e. The van der Waals surface area contributed by atoms with Gasteiger partial charge in [0, 0.05) is 35.8 Å². The van der Waals surface area contributed by atoms with Crippen molar-refractivity contribution in [2.75, 3.05) is 12.3 Å². The van der Waals surface area contributed by atoms with Crippen molar-refractivity contribution in [3.8, 4) is 0 Å². The summed E-state index contributed by atoms with van der Waals surface area (Å²) in [5.41, 5.74) is 2.58. The molecule has 2 aromatic rings. The molecule has 0 atom stereocenters. The highest BCUT2D eigenvalue weighted by Gasteiger charge is 2.10. The number of nitrogens with zero attached hydrogens (tertiary/aromatic N) is 1. The second-order valence-corrected chi connectivity index (χ2v) is 4.83. The quantitative estimate of drug-likeness (QED) is 0.821. The van der Waals surface area contributed by atoms with Gasteiger partial charge in [-0.05, 0) is 11.6 Å². The number of thioether (sulfide) groups is 1. The number of aromatic amines is 1. The van der Waals surface area contributed by atoms with Gasteiger partial charge < -0.3 is 4.98 Å². The fourth-order valence-corrected chi connectivity index (χ4v) is 2.79. The van der Waals surface area contributed by atoms with Crippen LogP contribution in [0.3, 0.4) is 0 Å². The Balaban J connectivity index is 1.97. The Hall–Kier alpha value is -1.22. The molecule has 0 unspecified atom stereocenters. The lowest BCUT2D eigenvalue weighted by atomic mass is 10.1. The van der Waals surface area contributed by atoms with Gasteiger partial charge in [-0.15, -0.1) is 11.8 Å². The lowest BCUT2D eigenvalue weighted by molar-refractivity contribution is 1.16. The van der Waals surface area contributed by atoms with Gasteiger partial charge in [-0.25, -0.2) is 0 Å². The highest BCUT2D eigenvalue weighted by atomic mass is 32.2. The van der Waals surface area contributed by atoms with Crippen molar-refractivity contribution in [3.63, 3.8) is 0 Å². The zero-order valence-electron chi connectivity index (χ0n) is 8.36. The highest BCUT2D eigenvalue weighted by Crippen LogP contribution is 2.22. The van der Waals surface area contributed by atoms with Gasteiger partial charge in [-0.2, -0.15) is 0 Å². The third-order valence-corrected chi connectivity index (χ3v) is 3.66. The van der Waals surface area contributed by atoms with Crippen LogP contribution >= 0.6 is 11.8 Å². The standard InChI is InChI=1S/C12H12N2S/c1-2-4-11-10(3-1)9(8-14-11)7-12-13-5-6-15-12/h1-4,8,14H,5-7H2. The van der Waals surface area contributed by atoms with E-state index >= 15 is 0 Å². The molecule has 0 saturated heterocycles. The molecular weight excluding hydrogens is 204 g/mol. The van der Waals surface area contributed by atoms with E-state index in [-0.39, 0.29) is 0 Å². The molecule has 0 radical (unpaired) electrons. The molecule has 0 aliphatic carbocycles. The maximum absolute atomic E-state index is 4.48. The van der Waals surface area contributed by atoms with E-state index in [9.17, 15) is 0 Å². The van der Waals surface area contributed by atoms with E-state index in [0.717, 1.165) is 18.7 Å². The number of para-hydroxylation sites is 1. The van der Waals surface area contributed by atoms with Crippen LogP contribution in [0.15, 0.2) is 35.5 Å². The molecule has 3 heteroatoms. The monoisotopic (exact) mass is 216 g/mol. The number of benzene rings is 1. The van der Waals surface area contributed by atoms with Crippen LogP contribution < -0.4 is 0 Å². The summed E-state index contributed by atoms with van der Waals surface area (Å²) in [7, 11) is 0. The zero-order chi connectivity index (χ0) is 10.1. The molecule has 0 bridgehead atoms. The third-order valence-electron chi connectivity index (χ3n) is 2.66. The van der Waals surface area contributed by atoms with Gasteiger partial charge in [0.25, 0.3) is 0 Å². The average molecular weight is 216 g/mol. The van der Waals surface area contributed by atoms with Crippen molar-refractivity contribution in [2.24, 2.45) is 4.99 Å². The summed E-state index contributed by atoms with van der Waals surface area (Å²) < 4.78 is 0. The molecule has 3 rings (SSSR count). The van der Waals surface area contributed by atoms with Crippen LogP contribution in [0.4, 0.5) is 0 Å². The average Bonchev–Trinajstić information content (AvgIpc) is 2.89. The third kappa shape index (κ3) is 1.67. The Bertz CT molecular complexity index is 513. The molecular formula is C12H12N2S. The Kier molecular flexibility index (Phi) is 2.25.